The predicted octanol–water partition coefficient (Wildman–Crippen LogP) is 10.2. The first-order chi connectivity index (χ1) is 25.5. The maximum atomic E-state index is 7.12. The van der Waals surface area contributed by atoms with Gasteiger partial charge in [0.05, 0.1) is 28.4 Å². The minimum atomic E-state index is -0.372. The second kappa shape index (κ2) is 10.6. The molecule has 6 heteroatoms. The molecule has 52 heavy (non-hydrogen) atoms. The van der Waals surface area contributed by atoms with E-state index in [0.29, 0.717) is 0 Å². The van der Waals surface area contributed by atoms with E-state index < -0.39 is 0 Å². The van der Waals surface area contributed by atoms with Gasteiger partial charge in [-0.1, -0.05) is 84.9 Å². The molecule has 0 unspecified atom stereocenters. The largest absolute Gasteiger partial charge is 0.451 e. The minimum absolute atomic E-state index is 0.00506. The van der Waals surface area contributed by atoms with Crippen LogP contribution in [0.1, 0.15) is 19.4 Å². The molecular weight excluding hydrogens is 635 g/mol. The summed E-state index contributed by atoms with van der Waals surface area (Å²) in [6, 6.07) is 56.9. The van der Waals surface area contributed by atoms with Crippen LogP contribution in [0.15, 0.2) is 158 Å². The smallest absolute Gasteiger partial charge is 0.252 e. The fourth-order valence-electron chi connectivity index (χ4n) is 9.33. The lowest BCUT2D eigenvalue weighted by Crippen LogP contribution is -2.63. The summed E-state index contributed by atoms with van der Waals surface area (Å²) >= 11 is 0. The summed E-state index contributed by atoms with van der Waals surface area (Å²) in [7, 11) is 0. The van der Waals surface area contributed by atoms with Crippen molar-refractivity contribution in [2.24, 2.45) is 0 Å². The van der Waals surface area contributed by atoms with Crippen LogP contribution < -0.4 is 40.7 Å². The molecule has 0 radical (unpaired) electrons. The number of ether oxygens (including phenoxy) is 1. The Morgan fingerprint density at radius 2 is 1.08 bits per heavy atom. The van der Waals surface area contributed by atoms with Gasteiger partial charge < -0.3 is 24.3 Å². The quantitative estimate of drug-likeness (QED) is 0.174. The first-order valence-corrected chi connectivity index (χ1v) is 18.1. The first-order valence-electron chi connectivity index (χ1n) is 18.1. The fraction of sp³-hybridized carbons (Fsp3) is 0.0870. The molecule has 5 nitrogen and oxygen atoms in total. The van der Waals surface area contributed by atoms with E-state index in [9.17, 15) is 0 Å². The molecule has 0 atom stereocenters. The third-order valence-electron chi connectivity index (χ3n) is 11.2. The van der Waals surface area contributed by atoms with E-state index in [4.69, 9.17) is 4.74 Å². The second-order valence-corrected chi connectivity index (χ2v) is 14.6. The number of hydrogen-bond donors (Lipinski definition) is 0. The Bertz CT molecular complexity index is 2570. The van der Waals surface area contributed by atoms with Gasteiger partial charge in [-0.3, -0.25) is 0 Å². The zero-order valence-electron chi connectivity index (χ0n) is 29.3. The molecule has 0 aromatic heterocycles. The molecule has 0 saturated carbocycles. The Balaban J connectivity index is 1.24. The van der Waals surface area contributed by atoms with Gasteiger partial charge in [0.15, 0.2) is 11.5 Å². The standard InChI is InChI=1S/C46H35BN4O/c1-30-28-39-42-40(29-30)51-43-34(22-15-24-37(43)50(46(51,2)3)33-20-11-6-12-21-33)47(42)35-26-27-38-45(44(35)49(39)32-18-9-5-10-19-32)52-41-25-14-13-23-36(41)48(38)31-16-7-4-8-17-31/h4-29H,1-3H3. The van der Waals surface area contributed by atoms with Gasteiger partial charge in [0.25, 0.3) is 6.71 Å². The Morgan fingerprint density at radius 3 is 1.81 bits per heavy atom. The molecular formula is C46H35BN4O. The van der Waals surface area contributed by atoms with Gasteiger partial charge in [-0.15, -0.1) is 0 Å². The lowest BCUT2D eigenvalue weighted by Gasteiger charge is -2.48. The summed E-state index contributed by atoms with van der Waals surface area (Å²) in [4.78, 5) is 9.92. The topological polar surface area (TPSA) is 22.2 Å². The summed E-state index contributed by atoms with van der Waals surface area (Å²) in [5.74, 6) is 1.70. The third kappa shape index (κ3) is 3.84. The fourth-order valence-corrected chi connectivity index (χ4v) is 9.33. The molecule has 4 aliphatic rings. The molecule has 7 aromatic carbocycles. The number of fused-ring (bicyclic) bond motifs is 7. The molecule has 0 spiro atoms. The number of nitrogens with zero attached hydrogens (tertiary/aromatic N) is 4. The maximum absolute atomic E-state index is 7.12. The highest BCUT2D eigenvalue weighted by molar-refractivity contribution is 7.00. The molecule has 0 aliphatic carbocycles. The highest BCUT2D eigenvalue weighted by Crippen LogP contribution is 2.58. The van der Waals surface area contributed by atoms with Crippen LogP contribution in [0.2, 0.25) is 0 Å². The minimum Gasteiger partial charge on any atom is -0.451 e. The molecule has 0 fully saturated rings. The molecule has 0 amide bonds. The van der Waals surface area contributed by atoms with Crippen LogP contribution in [0.4, 0.5) is 56.9 Å². The molecule has 4 heterocycles. The van der Waals surface area contributed by atoms with Gasteiger partial charge >= 0.3 is 0 Å². The predicted molar refractivity (Wildman–Crippen MR) is 217 cm³/mol. The normalized spacial score (nSPS) is 15.3. The summed E-state index contributed by atoms with van der Waals surface area (Å²) < 4.78 is 7.12. The number of rotatable bonds is 3. The van der Waals surface area contributed by atoms with Gasteiger partial charge in [-0.25, -0.2) is 0 Å². The van der Waals surface area contributed by atoms with Crippen LogP contribution in [0.5, 0.6) is 11.5 Å². The van der Waals surface area contributed by atoms with Crippen molar-refractivity contribution < 1.29 is 4.74 Å². The van der Waals surface area contributed by atoms with Crippen molar-refractivity contribution >= 4 is 80.0 Å². The number of benzene rings is 7. The third-order valence-corrected chi connectivity index (χ3v) is 11.2. The number of para-hydroxylation sites is 6. The van der Waals surface area contributed by atoms with E-state index in [1.54, 1.807) is 0 Å². The van der Waals surface area contributed by atoms with E-state index in [1.165, 1.54) is 50.4 Å². The average Bonchev–Trinajstić information content (AvgIpc) is 3.42. The van der Waals surface area contributed by atoms with Crippen LogP contribution >= 0.6 is 0 Å². The van der Waals surface area contributed by atoms with Crippen molar-refractivity contribution in [3.63, 3.8) is 0 Å². The zero-order chi connectivity index (χ0) is 34.7. The zero-order valence-corrected chi connectivity index (χ0v) is 29.3. The van der Waals surface area contributed by atoms with Crippen LogP contribution in [-0.4, -0.2) is 12.4 Å². The molecule has 0 N–H and O–H groups in total. The molecule has 4 aliphatic heterocycles. The maximum Gasteiger partial charge on any atom is 0.252 e. The van der Waals surface area contributed by atoms with Gasteiger partial charge in [-0.05, 0) is 116 Å². The Labute approximate surface area is 304 Å². The van der Waals surface area contributed by atoms with Gasteiger partial charge in [0, 0.05) is 28.4 Å². The molecule has 0 bridgehead atoms. The SMILES string of the molecule is Cc1cc2c3c(c1)N1c4c(cccc4N(c4ccccc4)C1(C)C)B3c1ccc3c(c1N2c1ccccc1)Oc1ccccc1N3c1ccccc1. The lowest BCUT2D eigenvalue weighted by atomic mass is 9.33. The Morgan fingerprint density at radius 1 is 0.481 bits per heavy atom. The van der Waals surface area contributed by atoms with Gasteiger partial charge in [-0.2, -0.15) is 0 Å². The Kier molecular flexibility index (Phi) is 5.96. The van der Waals surface area contributed by atoms with Gasteiger partial charge in [0.2, 0.25) is 0 Å². The van der Waals surface area contributed by atoms with Crippen LogP contribution in [0.3, 0.4) is 0 Å². The van der Waals surface area contributed by atoms with Crippen LogP contribution in [0.25, 0.3) is 0 Å². The van der Waals surface area contributed by atoms with Crippen molar-refractivity contribution in [3.05, 3.63) is 163 Å². The Hall–Kier alpha value is -6.40. The summed E-state index contributed by atoms with van der Waals surface area (Å²) in [5.41, 5.74) is 16.2. The monoisotopic (exact) mass is 670 g/mol. The summed E-state index contributed by atoms with van der Waals surface area (Å²) in [6.45, 7) is 6.93. The van der Waals surface area contributed by atoms with Crippen LogP contribution in [-0.2, 0) is 0 Å². The van der Waals surface area contributed by atoms with Crippen molar-refractivity contribution in [2.45, 2.75) is 26.4 Å². The van der Waals surface area contributed by atoms with Crippen molar-refractivity contribution in [3.8, 4) is 11.5 Å². The van der Waals surface area contributed by atoms with E-state index in [-0.39, 0.29) is 12.4 Å². The molecule has 11 rings (SSSR count). The molecule has 248 valence electrons. The molecule has 7 aromatic rings. The number of anilines is 10. The number of aryl methyl sites for hydroxylation is 1. The summed E-state index contributed by atoms with van der Waals surface area (Å²) in [5, 5.41) is 0. The van der Waals surface area contributed by atoms with Gasteiger partial charge in [0.1, 0.15) is 5.66 Å². The van der Waals surface area contributed by atoms with E-state index >= 15 is 0 Å². The lowest BCUT2D eigenvalue weighted by molar-refractivity contribution is 0.478. The van der Waals surface area contributed by atoms with E-state index in [0.717, 1.165) is 39.9 Å². The highest BCUT2D eigenvalue weighted by Gasteiger charge is 2.53. The van der Waals surface area contributed by atoms with Crippen molar-refractivity contribution in [1.29, 1.82) is 0 Å². The van der Waals surface area contributed by atoms with E-state index in [2.05, 4.69) is 198 Å². The molecule has 0 saturated heterocycles. The summed E-state index contributed by atoms with van der Waals surface area (Å²) in [6.07, 6.45) is 0. The van der Waals surface area contributed by atoms with Crippen LogP contribution in [0, 0.1) is 6.92 Å². The van der Waals surface area contributed by atoms with E-state index in [1.807, 2.05) is 0 Å². The first kappa shape index (κ1) is 29.3. The van der Waals surface area contributed by atoms with Crippen molar-refractivity contribution in [1.82, 2.24) is 0 Å². The number of hydrogen-bond acceptors (Lipinski definition) is 5. The van der Waals surface area contributed by atoms with Crippen molar-refractivity contribution in [2.75, 3.05) is 19.6 Å². The second-order valence-electron chi connectivity index (χ2n) is 14.6. The highest BCUT2D eigenvalue weighted by atomic mass is 16.5. The average molecular weight is 671 g/mol.